The highest BCUT2D eigenvalue weighted by Crippen LogP contribution is 2.50. The molecular weight excluding hydrogens is 314 g/mol. The van der Waals surface area contributed by atoms with Crippen LogP contribution in [0.5, 0.6) is 11.5 Å². The lowest BCUT2D eigenvalue weighted by Gasteiger charge is -2.21. The zero-order valence-electron chi connectivity index (χ0n) is 13.6. The van der Waals surface area contributed by atoms with Crippen LogP contribution in [0.3, 0.4) is 0 Å². The normalized spacial score (nSPS) is 21.2. The zero-order chi connectivity index (χ0) is 17.1. The third kappa shape index (κ3) is 3.62. The molecule has 1 aromatic rings. The topological polar surface area (TPSA) is 85.3 Å². The molecule has 0 bridgehead atoms. The fourth-order valence-corrected chi connectivity index (χ4v) is 2.99. The van der Waals surface area contributed by atoms with E-state index < -0.39 is 5.97 Å². The van der Waals surface area contributed by atoms with Gasteiger partial charge in [-0.2, -0.15) is 0 Å². The minimum absolute atomic E-state index is 0.104. The molecule has 1 heterocycles. The standard InChI is InChI=1S/C17H21NO6/c1-22-5-4-18(10-16(19)20)17(21)13-9-12(13)11-2-3-14-15(8-11)24-7-6-23-14/h2-3,8,12-13H,4-7,9-10H2,1H3,(H,19,20). The summed E-state index contributed by atoms with van der Waals surface area (Å²) in [7, 11) is 1.53. The lowest BCUT2D eigenvalue weighted by atomic mass is 10.1. The number of fused-ring (bicyclic) bond motifs is 1. The number of carboxylic acids is 1. The Morgan fingerprint density at radius 3 is 2.75 bits per heavy atom. The van der Waals surface area contributed by atoms with Crippen molar-refractivity contribution >= 4 is 11.9 Å². The molecule has 1 saturated carbocycles. The second-order valence-corrected chi connectivity index (χ2v) is 6.00. The van der Waals surface area contributed by atoms with Gasteiger partial charge in [-0.3, -0.25) is 9.59 Å². The van der Waals surface area contributed by atoms with E-state index >= 15 is 0 Å². The average Bonchev–Trinajstić information content (AvgIpc) is 3.38. The van der Waals surface area contributed by atoms with Gasteiger partial charge in [0.15, 0.2) is 11.5 Å². The Bertz CT molecular complexity index is 632. The number of benzene rings is 1. The Balaban J connectivity index is 1.66. The molecular formula is C17H21NO6. The largest absolute Gasteiger partial charge is 0.486 e. The lowest BCUT2D eigenvalue weighted by molar-refractivity contribution is -0.145. The van der Waals surface area contributed by atoms with E-state index in [0.717, 1.165) is 17.7 Å². The van der Waals surface area contributed by atoms with Crippen molar-refractivity contribution in [1.82, 2.24) is 4.90 Å². The molecule has 0 aromatic heterocycles. The van der Waals surface area contributed by atoms with Gasteiger partial charge in [0.25, 0.3) is 0 Å². The summed E-state index contributed by atoms with van der Waals surface area (Å²) in [4.78, 5) is 24.9. The number of hydrogen-bond acceptors (Lipinski definition) is 5. The quantitative estimate of drug-likeness (QED) is 0.804. The van der Waals surface area contributed by atoms with Gasteiger partial charge >= 0.3 is 5.97 Å². The van der Waals surface area contributed by atoms with Gasteiger partial charge in [0.1, 0.15) is 19.8 Å². The summed E-state index contributed by atoms with van der Waals surface area (Å²) in [6.45, 7) is 1.37. The van der Waals surface area contributed by atoms with Crippen LogP contribution in [0, 0.1) is 5.92 Å². The predicted molar refractivity (Wildman–Crippen MR) is 84.4 cm³/mol. The summed E-state index contributed by atoms with van der Waals surface area (Å²) in [5.74, 6) is 0.209. The summed E-state index contributed by atoms with van der Waals surface area (Å²) in [5.41, 5.74) is 1.03. The van der Waals surface area contributed by atoms with Crippen LogP contribution >= 0.6 is 0 Å². The van der Waals surface area contributed by atoms with Crippen LogP contribution in [0.2, 0.25) is 0 Å². The van der Waals surface area contributed by atoms with E-state index in [4.69, 9.17) is 19.3 Å². The van der Waals surface area contributed by atoms with E-state index in [-0.39, 0.29) is 30.8 Å². The van der Waals surface area contributed by atoms with Crippen molar-refractivity contribution in [3.05, 3.63) is 23.8 Å². The minimum atomic E-state index is -1.02. The summed E-state index contributed by atoms with van der Waals surface area (Å²) < 4.78 is 16.0. The fraction of sp³-hybridized carbons (Fsp3) is 0.529. The number of nitrogens with zero attached hydrogens (tertiary/aromatic N) is 1. The Morgan fingerprint density at radius 2 is 2.04 bits per heavy atom. The monoisotopic (exact) mass is 335 g/mol. The summed E-state index contributed by atoms with van der Waals surface area (Å²) in [6, 6.07) is 5.73. The molecule has 0 spiro atoms. The molecule has 1 fully saturated rings. The first kappa shape index (κ1) is 16.6. The van der Waals surface area contributed by atoms with Crippen molar-refractivity contribution in [2.75, 3.05) is 40.0 Å². The molecule has 24 heavy (non-hydrogen) atoms. The number of carbonyl (C=O) groups is 2. The van der Waals surface area contributed by atoms with Crippen LogP contribution < -0.4 is 9.47 Å². The molecule has 1 aliphatic carbocycles. The van der Waals surface area contributed by atoms with Gasteiger partial charge in [0.2, 0.25) is 5.91 Å². The molecule has 1 N–H and O–H groups in total. The van der Waals surface area contributed by atoms with E-state index in [1.807, 2.05) is 18.2 Å². The van der Waals surface area contributed by atoms with Gasteiger partial charge in [0, 0.05) is 19.6 Å². The molecule has 2 unspecified atom stereocenters. The SMILES string of the molecule is COCCN(CC(=O)O)C(=O)C1CC1c1ccc2c(c1)OCCO2. The lowest BCUT2D eigenvalue weighted by Crippen LogP contribution is -2.39. The first-order valence-electron chi connectivity index (χ1n) is 7.99. The summed E-state index contributed by atoms with van der Waals surface area (Å²) >= 11 is 0. The number of rotatable bonds is 7. The van der Waals surface area contributed by atoms with E-state index in [2.05, 4.69) is 0 Å². The third-order valence-electron chi connectivity index (χ3n) is 4.31. The molecule has 2 atom stereocenters. The minimum Gasteiger partial charge on any atom is -0.486 e. The Hall–Kier alpha value is -2.28. The Labute approximate surface area is 140 Å². The van der Waals surface area contributed by atoms with Crippen LogP contribution in [-0.4, -0.2) is 61.9 Å². The molecule has 7 heteroatoms. The van der Waals surface area contributed by atoms with Gasteiger partial charge < -0.3 is 24.2 Å². The molecule has 1 aromatic carbocycles. The van der Waals surface area contributed by atoms with E-state index in [9.17, 15) is 9.59 Å². The second-order valence-electron chi connectivity index (χ2n) is 6.00. The van der Waals surface area contributed by atoms with Crippen molar-refractivity contribution in [1.29, 1.82) is 0 Å². The molecule has 0 saturated heterocycles. The van der Waals surface area contributed by atoms with Crippen LogP contribution in [0.4, 0.5) is 0 Å². The number of methoxy groups -OCH3 is 1. The van der Waals surface area contributed by atoms with Crippen LogP contribution in [-0.2, 0) is 14.3 Å². The highest BCUT2D eigenvalue weighted by Gasteiger charge is 2.46. The molecule has 0 radical (unpaired) electrons. The maximum Gasteiger partial charge on any atom is 0.323 e. The molecule has 2 aliphatic rings. The van der Waals surface area contributed by atoms with Gasteiger partial charge in [0.05, 0.1) is 6.61 Å². The first-order chi connectivity index (χ1) is 11.6. The van der Waals surface area contributed by atoms with Gasteiger partial charge in [-0.05, 0) is 30.0 Å². The number of carbonyl (C=O) groups excluding carboxylic acids is 1. The van der Waals surface area contributed by atoms with E-state index in [1.165, 1.54) is 12.0 Å². The van der Waals surface area contributed by atoms with Crippen molar-refractivity contribution < 1.29 is 28.9 Å². The number of hydrogen-bond donors (Lipinski definition) is 1. The van der Waals surface area contributed by atoms with Crippen molar-refractivity contribution in [2.24, 2.45) is 5.92 Å². The first-order valence-corrected chi connectivity index (χ1v) is 7.99. The van der Waals surface area contributed by atoms with Crippen molar-refractivity contribution in [3.8, 4) is 11.5 Å². The predicted octanol–water partition coefficient (Wildman–Crippen LogP) is 1.12. The van der Waals surface area contributed by atoms with Gasteiger partial charge in [-0.1, -0.05) is 6.07 Å². The molecule has 1 amide bonds. The number of ether oxygens (including phenoxy) is 3. The smallest absolute Gasteiger partial charge is 0.323 e. The van der Waals surface area contributed by atoms with Crippen molar-refractivity contribution in [2.45, 2.75) is 12.3 Å². The van der Waals surface area contributed by atoms with Gasteiger partial charge in [-0.15, -0.1) is 0 Å². The van der Waals surface area contributed by atoms with Crippen molar-refractivity contribution in [3.63, 3.8) is 0 Å². The summed E-state index contributed by atoms with van der Waals surface area (Å²) in [6.07, 6.45) is 0.724. The maximum absolute atomic E-state index is 12.6. The average molecular weight is 335 g/mol. The van der Waals surface area contributed by atoms with E-state index in [0.29, 0.717) is 25.6 Å². The van der Waals surface area contributed by atoms with Crippen LogP contribution in [0.15, 0.2) is 18.2 Å². The van der Waals surface area contributed by atoms with Gasteiger partial charge in [-0.25, -0.2) is 0 Å². The molecule has 7 nitrogen and oxygen atoms in total. The Kier molecular flexibility index (Phi) is 4.89. The number of aliphatic carboxylic acids is 1. The molecule has 130 valence electrons. The maximum atomic E-state index is 12.6. The fourth-order valence-electron chi connectivity index (χ4n) is 2.99. The number of carboxylic acid groups (broad SMARTS) is 1. The summed E-state index contributed by atoms with van der Waals surface area (Å²) in [5, 5.41) is 8.98. The molecule has 3 rings (SSSR count). The number of amides is 1. The van der Waals surface area contributed by atoms with Crippen LogP contribution in [0.25, 0.3) is 0 Å². The highest BCUT2D eigenvalue weighted by atomic mass is 16.6. The van der Waals surface area contributed by atoms with Crippen LogP contribution in [0.1, 0.15) is 17.9 Å². The Morgan fingerprint density at radius 1 is 1.29 bits per heavy atom. The second kappa shape index (κ2) is 7.09. The molecule has 1 aliphatic heterocycles. The third-order valence-corrected chi connectivity index (χ3v) is 4.31. The zero-order valence-corrected chi connectivity index (χ0v) is 13.6. The van der Waals surface area contributed by atoms with E-state index in [1.54, 1.807) is 0 Å². The highest BCUT2D eigenvalue weighted by molar-refractivity contribution is 5.86.